The highest BCUT2D eigenvalue weighted by atomic mass is 16.5. The third-order valence-corrected chi connectivity index (χ3v) is 2.63. The minimum absolute atomic E-state index is 0.0190. The molecule has 6 heteroatoms. The Balaban J connectivity index is 2.48. The molecule has 3 N–H and O–H groups in total. The largest absolute Gasteiger partial charge is 0.484 e. The predicted molar refractivity (Wildman–Crippen MR) is 74.3 cm³/mol. The number of likely N-dealkylation sites (N-methyl/N-ethyl adjacent to an activating group) is 1. The van der Waals surface area contributed by atoms with Crippen molar-refractivity contribution in [2.45, 2.75) is 19.4 Å². The number of nitrogens with one attached hydrogen (secondary N) is 1. The van der Waals surface area contributed by atoms with Crippen molar-refractivity contribution in [3.8, 4) is 5.75 Å². The molecule has 1 amide bonds. The van der Waals surface area contributed by atoms with Crippen LogP contribution >= 0.6 is 0 Å². The van der Waals surface area contributed by atoms with Crippen molar-refractivity contribution in [1.82, 2.24) is 5.32 Å². The first kappa shape index (κ1) is 16.0. The van der Waals surface area contributed by atoms with Gasteiger partial charge in [-0.05, 0) is 31.0 Å². The van der Waals surface area contributed by atoms with Gasteiger partial charge in [-0.2, -0.15) is 0 Å². The molecule has 0 saturated heterocycles. The molecule has 0 heterocycles. The smallest absolute Gasteiger partial charge is 0.322 e. The first-order valence-electron chi connectivity index (χ1n) is 6.38. The molecule has 1 aromatic carbocycles. The van der Waals surface area contributed by atoms with E-state index in [1.807, 2.05) is 6.92 Å². The third kappa shape index (κ3) is 5.27. The minimum Gasteiger partial charge on any atom is -0.484 e. The van der Waals surface area contributed by atoms with Gasteiger partial charge >= 0.3 is 5.97 Å². The molecule has 0 aromatic heterocycles. The number of nitrogens with two attached hydrogens (primary N) is 1. The third-order valence-electron chi connectivity index (χ3n) is 2.63. The zero-order valence-corrected chi connectivity index (χ0v) is 11.7. The number of methoxy groups -OCH3 is 1. The molecule has 1 aromatic rings. The highest BCUT2D eigenvalue weighted by Gasteiger charge is 2.14. The maximum atomic E-state index is 11.2. The van der Waals surface area contributed by atoms with Crippen LogP contribution in [-0.2, 0) is 20.7 Å². The molecule has 1 rings (SSSR count). The summed E-state index contributed by atoms with van der Waals surface area (Å²) >= 11 is 0. The van der Waals surface area contributed by atoms with Crippen LogP contribution in [0.3, 0.4) is 0 Å². The van der Waals surface area contributed by atoms with Crippen LogP contribution in [0.1, 0.15) is 12.5 Å². The van der Waals surface area contributed by atoms with Crippen LogP contribution in [-0.4, -0.2) is 38.2 Å². The van der Waals surface area contributed by atoms with Gasteiger partial charge in [-0.15, -0.1) is 0 Å². The fraction of sp³-hybridized carbons (Fsp3) is 0.429. The number of hydrogen-bond acceptors (Lipinski definition) is 5. The molecule has 0 spiro atoms. The quantitative estimate of drug-likeness (QED) is 0.698. The summed E-state index contributed by atoms with van der Waals surface area (Å²) in [6.07, 6.45) is 0.392. The Morgan fingerprint density at radius 2 is 1.95 bits per heavy atom. The van der Waals surface area contributed by atoms with Crippen LogP contribution in [0.4, 0.5) is 0 Å². The highest BCUT2D eigenvalue weighted by Crippen LogP contribution is 2.13. The monoisotopic (exact) mass is 280 g/mol. The van der Waals surface area contributed by atoms with Gasteiger partial charge in [0.2, 0.25) is 0 Å². The van der Waals surface area contributed by atoms with Crippen LogP contribution in [0.25, 0.3) is 0 Å². The first-order valence-corrected chi connectivity index (χ1v) is 6.38. The van der Waals surface area contributed by atoms with Crippen molar-refractivity contribution in [2.24, 2.45) is 5.73 Å². The molecule has 20 heavy (non-hydrogen) atoms. The highest BCUT2D eigenvalue weighted by molar-refractivity contribution is 5.77. The number of amides is 1. The standard InChI is InChI=1S/C14H20N2O4/c1-3-16-13(17)9-20-11-6-4-10(5-7-11)8-12(15)14(18)19-2/h4-7,12H,3,8-9,15H2,1-2H3,(H,16,17). The number of esters is 1. The van der Waals surface area contributed by atoms with Gasteiger partial charge in [0, 0.05) is 6.54 Å². The molecule has 1 unspecified atom stereocenters. The second kappa shape index (κ2) is 8.16. The lowest BCUT2D eigenvalue weighted by atomic mass is 10.1. The SMILES string of the molecule is CCNC(=O)COc1ccc(CC(N)C(=O)OC)cc1. The van der Waals surface area contributed by atoms with E-state index in [0.29, 0.717) is 18.7 Å². The zero-order valence-electron chi connectivity index (χ0n) is 11.7. The van der Waals surface area contributed by atoms with Gasteiger partial charge in [0.1, 0.15) is 11.8 Å². The van der Waals surface area contributed by atoms with Crippen LogP contribution in [0.2, 0.25) is 0 Å². The van der Waals surface area contributed by atoms with E-state index in [1.165, 1.54) is 7.11 Å². The second-order valence-corrected chi connectivity index (χ2v) is 4.22. The molecule has 0 aliphatic carbocycles. The maximum absolute atomic E-state index is 11.2. The number of carbonyl (C=O) groups excluding carboxylic acids is 2. The summed E-state index contributed by atoms with van der Waals surface area (Å²) in [7, 11) is 1.31. The second-order valence-electron chi connectivity index (χ2n) is 4.22. The first-order chi connectivity index (χ1) is 9.56. The van der Waals surface area contributed by atoms with Crippen molar-refractivity contribution >= 4 is 11.9 Å². The number of ether oxygens (including phenoxy) is 2. The van der Waals surface area contributed by atoms with Crippen molar-refractivity contribution in [2.75, 3.05) is 20.3 Å². The van der Waals surface area contributed by atoms with Gasteiger partial charge in [-0.25, -0.2) is 0 Å². The Bertz CT molecular complexity index is 445. The molecular formula is C14H20N2O4. The average molecular weight is 280 g/mol. The maximum Gasteiger partial charge on any atom is 0.322 e. The van der Waals surface area contributed by atoms with E-state index in [1.54, 1.807) is 24.3 Å². The van der Waals surface area contributed by atoms with E-state index in [9.17, 15) is 9.59 Å². The minimum atomic E-state index is -0.679. The summed E-state index contributed by atoms with van der Waals surface area (Å²) in [5, 5.41) is 2.64. The molecule has 0 aliphatic heterocycles. The Morgan fingerprint density at radius 3 is 2.50 bits per heavy atom. The van der Waals surface area contributed by atoms with E-state index in [2.05, 4.69) is 10.1 Å². The lowest BCUT2D eigenvalue weighted by molar-refractivity contribution is -0.142. The molecule has 110 valence electrons. The topological polar surface area (TPSA) is 90.6 Å². The van der Waals surface area contributed by atoms with Gasteiger partial charge in [0.05, 0.1) is 7.11 Å². The summed E-state index contributed by atoms with van der Waals surface area (Å²) in [6, 6.07) is 6.39. The van der Waals surface area contributed by atoms with E-state index in [-0.39, 0.29) is 12.5 Å². The molecule has 0 bridgehead atoms. The summed E-state index contributed by atoms with van der Waals surface area (Å²) in [6.45, 7) is 2.40. The average Bonchev–Trinajstić information content (AvgIpc) is 2.46. The predicted octanol–water partition coefficient (Wildman–Crippen LogP) is 0.244. The normalized spacial score (nSPS) is 11.6. The van der Waals surface area contributed by atoms with Gasteiger partial charge in [-0.1, -0.05) is 12.1 Å². The summed E-state index contributed by atoms with van der Waals surface area (Å²) in [5.41, 5.74) is 6.57. The fourth-order valence-corrected chi connectivity index (χ4v) is 1.61. The lowest BCUT2D eigenvalue weighted by Gasteiger charge is -2.10. The van der Waals surface area contributed by atoms with E-state index >= 15 is 0 Å². The van der Waals surface area contributed by atoms with E-state index in [0.717, 1.165) is 5.56 Å². The van der Waals surface area contributed by atoms with Crippen LogP contribution in [0, 0.1) is 0 Å². The van der Waals surface area contributed by atoms with E-state index < -0.39 is 12.0 Å². The van der Waals surface area contributed by atoms with Gasteiger partial charge in [-0.3, -0.25) is 9.59 Å². The van der Waals surface area contributed by atoms with Crippen molar-refractivity contribution in [3.63, 3.8) is 0 Å². The molecule has 0 saturated carbocycles. The van der Waals surface area contributed by atoms with Gasteiger partial charge in [0.25, 0.3) is 5.91 Å². The molecular weight excluding hydrogens is 260 g/mol. The summed E-state index contributed by atoms with van der Waals surface area (Å²) in [5.74, 6) is -0.0162. The number of benzene rings is 1. The molecule has 0 fully saturated rings. The van der Waals surface area contributed by atoms with Crippen molar-refractivity contribution < 1.29 is 19.1 Å². The molecule has 0 aliphatic rings. The van der Waals surface area contributed by atoms with Gasteiger partial charge in [0.15, 0.2) is 6.61 Å². The van der Waals surface area contributed by atoms with Crippen LogP contribution in [0.5, 0.6) is 5.75 Å². The van der Waals surface area contributed by atoms with Crippen LogP contribution < -0.4 is 15.8 Å². The molecule has 6 nitrogen and oxygen atoms in total. The number of carbonyl (C=O) groups is 2. The Morgan fingerprint density at radius 1 is 1.30 bits per heavy atom. The number of rotatable bonds is 7. The Hall–Kier alpha value is -2.08. The summed E-state index contributed by atoms with van der Waals surface area (Å²) < 4.78 is 9.88. The number of hydrogen-bond donors (Lipinski definition) is 2. The van der Waals surface area contributed by atoms with Gasteiger partial charge < -0.3 is 20.5 Å². The molecule has 1 atom stereocenters. The van der Waals surface area contributed by atoms with Crippen molar-refractivity contribution in [1.29, 1.82) is 0 Å². The molecule has 0 radical (unpaired) electrons. The summed E-state index contributed by atoms with van der Waals surface area (Å²) in [4.78, 5) is 22.4. The Labute approximate surface area is 118 Å². The van der Waals surface area contributed by atoms with Crippen molar-refractivity contribution in [3.05, 3.63) is 29.8 Å². The van der Waals surface area contributed by atoms with Crippen LogP contribution in [0.15, 0.2) is 24.3 Å². The fourth-order valence-electron chi connectivity index (χ4n) is 1.61. The van der Waals surface area contributed by atoms with E-state index in [4.69, 9.17) is 10.5 Å². The Kier molecular flexibility index (Phi) is 6.52. The zero-order chi connectivity index (χ0) is 15.0. The lowest BCUT2D eigenvalue weighted by Crippen LogP contribution is -2.33.